The number of hydrogen-bond acceptors (Lipinski definition) is 3. The van der Waals surface area contributed by atoms with Crippen LogP contribution in [0.1, 0.15) is 26.7 Å². The number of para-hydroxylation sites is 2. The highest BCUT2D eigenvalue weighted by Gasteiger charge is 2.13. The summed E-state index contributed by atoms with van der Waals surface area (Å²) in [7, 11) is 1.84. The minimum absolute atomic E-state index is 0. The number of amides is 1. The fourth-order valence-corrected chi connectivity index (χ4v) is 1.68. The highest BCUT2D eigenvalue weighted by Crippen LogP contribution is 2.24. The minimum atomic E-state index is -0.0753. The van der Waals surface area contributed by atoms with Crippen molar-refractivity contribution in [3.05, 3.63) is 24.3 Å². The number of nitrogens with one attached hydrogen (secondary N) is 2. The fourth-order valence-electron chi connectivity index (χ4n) is 1.68. The van der Waals surface area contributed by atoms with Crippen LogP contribution in [0.3, 0.4) is 0 Å². The van der Waals surface area contributed by atoms with E-state index in [9.17, 15) is 4.79 Å². The third kappa shape index (κ3) is 6.26. The van der Waals surface area contributed by atoms with E-state index in [0.29, 0.717) is 13.2 Å². The number of carbonyl (C=O) groups excluding carboxylic acids is 1. The van der Waals surface area contributed by atoms with Gasteiger partial charge in [-0.3, -0.25) is 4.79 Å². The van der Waals surface area contributed by atoms with E-state index in [0.717, 1.165) is 24.3 Å². The Balaban J connectivity index is 0.00000361. The van der Waals surface area contributed by atoms with Crippen LogP contribution in [0.25, 0.3) is 0 Å². The van der Waals surface area contributed by atoms with E-state index in [2.05, 4.69) is 17.6 Å². The second-order valence-corrected chi connectivity index (χ2v) is 4.65. The van der Waals surface area contributed by atoms with E-state index in [-0.39, 0.29) is 24.2 Å². The summed E-state index contributed by atoms with van der Waals surface area (Å²) in [4.78, 5) is 12.0. The Labute approximate surface area is 127 Å². The quantitative estimate of drug-likeness (QED) is 0.725. The number of carbonyl (C=O) groups is 1. The largest absolute Gasteiger partial charge is 0.491 e. The van der Waals surface area contributed by atoms with Gasteiger partial charge in [-0.15, -0.1) is 12.4 Å². The van der Waals surface area contributed by atoms with Gasteiger partial charge in [-0.1, -0.05) is 32.4 Å². The molecule has 1 aromatic carbocycles. The number of ether oxygens (including phenoxy) is 1. The van der Waals surface area contributed by atoms with Crippen molar-refractivity contribution in [2.45, 2.75) is 26.7 Å². The molecule has 0 radical (unpaired) electrons. The lowest BCUT2D eigenvalue weighted by atomic mass is 10.1. The van der Waals surface area contributed by atoms with Crippen molar-refractivity contribution in [3.63, 3.8) is 0 Å². The summed E-state index contributed by atoms with van der Waals surface area (Å²) in [5, 5.41) is 5.92. The molecule has 1 aromatic rings. The van der Waals surface area contributed by atoms with Gasteiger partial charge in [0.05, 0.1) is 12.3 Å². The molecule has 114 valence electrons. The van der Waals surface area contributed by atoms with Crippen molar-refractivity contribution in [1.82, 2.24) is 5.32 Å². The molecule has 5 heteroatoms. The van der Waals surface area contributed by atoms with Crippen molar-refractivity contribution in [1.29, 1.82) is 0 Å². The average Bonchev–Trinajstić information content (AvgIpc) is 2.41. The van der Waals surface area contributed by atoms with Crippen LogP contribution in [0.2, 0.25) is 0 Å². The molecule has 4 nitrogen and oxygen atoms in total. The van der Waals surface area contributed by atoms with Crippen molar-refractivity contribution >= 4 is 24.0 Å². The minimum Gasteiger partial charge on any atom is -0.491 e. The van der Waals surface area contributed by atoms with E-state index in [4.69, 9.17) is 4.74 Å². The predicted molar refractivity (Wildman–Crippen MR) is 85.8 cm³/mol. The van der Waals surface area contributed by atoms with Gasteiger partial charge in [0.1, 0.15) is 5.75 Å². The van der Waals surface area contributed by atoms with Gasteiger partial charge in [-0.2, -0.15) is 0 Å². The van der Waals surface area contributed by atoms with Crippen molar-refractivity contribution < 1.29 is 9.53 Å². The van der Waals surface area contributed by atoms with Crippen LogP contribution in [0.15, 0.2) is 24.3 Å². The highest BCUT2D eigenvalue weighted by atomic mass is 35.5. The van der Waals surface area contributed by atoms with Gasteiger partial charge in [-0.05, 0) is 25.6 Å². The van der Waals surface area contributed by atoms with E-state index >= 15 is 0 Å². The third-order valence-corrected chi connectivity index (χ3v) is 2.86. The topological polar surface area (TPSA) is 50.4 Å². The summed E-state index contributed by atoms with van der Waals surface area (Å²) < 4.78 is 5.69. The van der Waals surface area contributed by atoms with E-state index in [1.807, 2.05) is 38.2 Å². The Bertz CT molecular complexity index is 399. The van der Waals surface area contributed by atoms with E-state index in [1.54, 1.807) is 0 Å². The summed E-state index contributed by atoms with van der Waals surface area (Å²) in [6.45, 7) is 5.35. The van der Waals surface area contributed by atoms with Crippen LogP contribution < -0.4 is 15.4 Å². The zero-order valence-electron chi connectivity index (χ0n) is 12.4. The zero-order valence-corrected chi connectivity index (χ0v) is 13.3. The number of halogens is 1. The fraction of sp³-hybridized carbons (Fsp3) is 0.533. The number of anilines is 1. The molecule has 1 rings (SSSR count). The molecule has 0 heterocycles. The molecule has 1 amide bonds. The van der Waals surface area contributed by atoms with Crippen molar-refractivity contribution in [2.24, 2.45) is 5.92 Å². The first kappa shape index (κ1) is 18.7. The van der Waals surface area contributed by atoms with Crippen molar-refractivity contribution in [3.8, 4) is 5.75 Å². The zero-order chi connectivity index (χ0) is 14.1. The highest BCUT2D eigenvalue weighted by molar-refractivity contribution is 5.93. The maximum Gasteiger partial charge on any atom is 0.228 e. The second kappa shape index (κ2) is 10.5. The smallest absolute Gasteiger partial charge is 0.228 e. The van der Waals surface area contributed by atoms with Gasteiger partial charge < -0.3 is 15.4 Å². The van der Waals surface area contributed by atoms with Gasteiger partial charge in [0, 0.05) is 12.5 Å². The molecular formula is C15H25ClN2O2. The molecular weight excluding hydrogens is 276 g/mol. The molecule has 0 saturated carbocycles. The van der Waals surface area contributed by atoms with E-state index < -0.39 is 0 Å². The molecule has 1 atom stereocenters. The molecule has 0 saturated heterocycles. The average molecular weight is 301 g/mol. The number of benzene rings is 1. The van der Waals surface area contributed by atoms with Gasteiger partial charge in [0.25, 0.3) is 0 Å². The maximum absolute atomic E-state index is 12.0. The van der Waals surface area contributed by atoms with Crippen molar-refractivity contribution in [2.75, 3.05) is 25.5 Å². The molecule has 0 aliphatic carbocycles. The Hall–Kier alpha value is -1.26. The predicted octanol–water partition coefficient (Wildman–Crippen LogP) is 3.08. The first-order chi connectivity index (χ1) is 9.19. The lowest BCUT2D eigenvalue weighted by Gasteiger charge is -2.15. The molecule has 0 bridgehead atoms. The molecule has 0 aromatic heterocycles. The lowest BCUT2D eigenvalue weighted by molar-refractivity contribution is -0.119. The molecule has 20 heavy (non-hydrogen) atoms. The first-order valence-electron chi connectivity index (χ1n) is 6.86. The van der Waals surface area contributed by atoms with Crippen LogP contribution in [0.4, 0.5) is 5.69 Å². The maximum atomic E-state index is 12.0. The standard InChI is InChI=1S/C15H24N2O2.ClH/c1-4-5-10-19-14-9-7-6-8-13(14)17-15(18)12(2)11-16-3;/h6-9,12,16H,4-5,10-11H2,1-3H3,(H,17,18);1H. The molecule has 0 aliphatic rings. The molecule has 0 fully saturated rings. The van der Waals surface area contributed by atoms with Gasteiger partial charge in [0.15, 0.2) is 0 Å². The van der Waals surface area contributed by atoms with Gasteiger partial charge in [-0.25, -0.2) is 0 Å². The van der Waals surface area contributed by atoms with Gasteiger partial charge in [0.2, 0.25) is 5.91 Å². The number of unbranched alkanes of at least 4 members (excludes halogenated alkanes) is 1. The van der Waals surface area contributed by atoms with Crippen LogP contribution in [0, 0.1) is 5.92 Å². The monoisotopic (exact) mass is 300 g/mol. The molecule has 1 unspecified atom stereocenters. The number of rotatable bonds is 8. The molecule has 2 N–H and O–H groups in total. The Morgan fingerprint density at radius 2 is 2.05 bits per heavy atom. The van der Waals surface area contributed by atoms with Gasteiger partial charge >= 0.3 is 0 Å². The first-order valence-corrected chi connectivity index (χ1v) is 6.86. The normalized spacial score (nSPS) is 11.3. The third-order valence-electron chi connectivity index (χ3n) is 2.86. The second-order valence-electron chi connectivity index (χ2n) is 4.65. The SMILES string of the molecule is CCCCOc1ccccc1NC(=O)C(C)CNC.Cl. The summed E-state index contributed by atoms with van der Waals surface area (Å²) in [5.41, 5.74) is 0.742. The Morgan fingerprint density at radius 1 is 1.35 bits per heavy atom. The summed E-state index contributed by atoms with van der Waals surface area (Å²) in [5.74, 6) is 0.663. The molecule has 0 aliphatic heterocycles. The van der Waals surface area contributed by atoms with E-state index in [1.165, 1.54) is 0 Å². The Morgan fingerprint density at radius 3 is 2.70 bits per heavy atom. The van der Waals surface area contributed by atoms with Crippen LogP contribution >= 0.6 is 12.4 Å². The van der Waals surface area contributed by atoms with Crippen LogP contribution in [-0.2, 0) is 4.79 Å². The van der Waals surface area contributed by atoms with Crippen LogP contribution in [-0.4, -0.2) is 26.1 Å². The van der Waals surface area contributed by atoms with Crippen LogP contribution in [0.5, 0.6) is 5.75 Å². The summed E-state index contributed by atoms with van der Waals surface area (Å²) >= 11 is 0. The molecule has 0 spiro atoms. The Kier molecular flexibility index (Phi) is 9.86. The summed E-state index contributed by atoms with van der Waals surface area (Å²) in [6.07, 6.45) is 2.10. The summed E-state index contributed by atoms with van der Waals surface area (Å²) in [6, 6.07) is 7.55. The lowest BCUT2D eigenvalue weighted by Crippen LogP contribution is -2.28. The number of hydrogen-bond donors (Lipinski definition) is 2.